The quantitative estimate of drug-likeness (QED) is 0.733. The molecule has 2 aromatic rings. The van der Waals surface area contributed by atoms with Crippen LogP contribution in [0.1, 0.15) is 24.8 Å². The van der Waals surface area contributed by atoms with Crippen LogP contribution in [-0.4, -0.2) is 35.4 Å². The van der Waals surface area contributed by atoms with Crippen molar-refractivity contribution in [3.05, 3.63) is 60.2 Å². The Bertz CT molecular complexity index is 823. The number of fused-ring (bicyclic) bond motifs is 1. The average molecular weight is 368 g/mol. The third-order valence-corrected chi connectivity index (χ3v) is 5.46. The first-order chi connectivity index (χ1) is 12.7. The minimum atomic E-state index is -0.293. The minimum absolute atomic E-state index is 0.141. The molecular weight excluding hydrogens is 346 g/mol. The molecule has 1 amide bonds. The molecule has 1 saturated heterocycles. The van der Waals surface area contributed by atoms with Gasteiger partial charge >= 0.3 is 0 Å². The lowest BCUT2D eigenvalue weighted by Gasteiger charge is -2.42. The predicted octanol–water partition coefficient (Wildman–Crippen LogP) is 4.75. The zero-order valence-electron chi connectivity index (χ0n) is 14.7. The van der Waals surface area contributed by atoms with Crippen LogP contribution in [0.4, 0.5) is 0 Å². The standard InChI is InChI=1S/C22H22ClNO2/c23-13-9-21(25)24-14-11-22(12-15-24)10-8-19-16-18(6-7-20(19)26-22)17-4-2-1-3-5-17/h1-8,10,16H,9,11-15H2. The van der Waals surface area contributed by atoms with Gasteiger partial charge in [0.25, 0.3) is 0 Å². The number of likely N-dealkylation sites (tertiary alicyclic amines) is 1. The van der Waals surface area contributed by atoms with Gasteiger partial charge in [-0.25, -0.2) is 0 Å². The molecule has 2 aliphatic rings. The Morgan fingerprint density at radius 1 is 1.08 bits per heavy atom. The van der Waals surface area contributed by atoms with Gasteiger partial charge in [-0.2, -0.15) is 0 Å². The zero-order chi connectivity index (χ0) is 18.0. The van der Waals surface area contributed by atoms with Crippen molar-refractivity contribution >= 4 is 23.6 Å². The molecule has 0 atom stereocenters. The van der Waals surface area contributed by atoms with Crippen LogP contribution >= 0.6 is 11.6 Å². The fourth-order valence-corrected chi connectivity index (χ4v) is 3.88. The molecule has 134 valence electrons. The Kier molecular flexibility index (Phi) is 4.73. The highest BCUT2D eigenvalue weighted by Crippen LogP contribution is 2.38. The Hall–Kier alpha value is -2.26. The van der Waals surface area contributed by atoms with Crippen LogP contribution in [0.25, 0.3) is 17.2 Å². The number of carbonyl (C=O) groups excluding carboxylic acids is 1. The molecule has 0 aromatic heterocycles. The highest BCUT2D eigenvalue weighted by molar-refractivity contribution is 6.18. The van der Waals surface area contributed by atoms with E-state index in [0.717, 1.165) is 37.2 Å². The van der Waals surface area contributed by atoms with E-state index in [0.29, 0.717) is 12.3 Å². The number of amides is 1. The van der Waals surface area contributed by atoms with Crippen LogP contribution in [-0.2, 0) is 4.79 Å². The lowest BCUT2D eigenvalue weighted by Crippen LogP contribution is -2.49. The zero-order valence-corrected chi connectivity index (χ0v) is 15.4. The molecule has 0 N–H and O–H groups in total. The Morgan fingerprint density at radius 3 is 2.58 bits per heavy atom. The molecule has 26 heavy (non-hydrogen) atoms. The second kappa shape index (κ2) is 7.16. The van der Waals surface area contributed by atoms with Crippen LogP contribution in [0.15, 0.2) is 54.6 Å². The molecular formula is C22H22ClNO2. The topological polar surface area (TPSA) is 29.5 Å². The smallest absolute Gasteiger partial charge is 0.223 e. The number of piperidine rings is 1. The van der Waals surface area contributed by atoms with E-state index in [9.17, 15) is 4.79 Å². The molecule has 4 heteroatoms. The summed E-state index contributed by atoms with van der Waals surface area (Å²) in [5.41, 5.74) is 3.21. The third kappa shape index (κ3) is 3.36. The molecule has 1 spiro atoms. The van der Waals surface area contributed by atoms with Gasteiger partial charge in [-0.1, -0.05) is 42.5 Å². The van der Waals surface area contributed by atoms with E-state index in [1.807, 2.05) is 11.0 Å². The van der Waals surface area contributed by atoms with Crippen molar-refractivity contribution in [2.75, 3.05) is 19.0 Å². The summed E-state index contributed by atoms with van der Waals surface area (Å²) in [5, 5.41) is 0. The van der Waals surface area contributed by atoms with E-state index in [-0.39, 0.29) is 11.5 Å². The number of hydrogen-bond donors (Lipinski definition) is 0. The normalized spacial score (nSPS) is 17.7. The van der Waals surface area contributed by atoms with E-state index in [2.05, 4.69) is 54.6 Å². The first kappa shape index (κ1) is 17.2. The predicted molar refractivity (Wildman–Crippen MR) is 105 cm³/mol. The maximum absolute atomic E-state index is 12.0. The summed E-state index contributed by atoms with van der Waals surface area (Å²) in [6.07, 6.45) is 6.39. The molecule has 1 fully saturated rings. The van der Waals surface area contributed by atoms with Gasteiger partial charge in [0.15, 0.2) is 0 Å². The Labute approximate surface area is 159 Å². The molecule has 0 aliphatic carbocycles. The first-order valence-electron chi connectivity index (χ1n) is 9.11. The van der Waals surface area contributed by atoms with Gasteiger partial charge in [-0.05, 0) is 29.3 Å². The van der Waals surface area contributed by atoms with Crippen molar-refractivity contribution in [3.63, 3.8) is 0 Å². The number of rotatable bonds is 3. The second-order valence-electron chi connectivity index (χ2n) is 6.94. The molecule has 0 radical (unpaired) electrons. The van der Waals surface area contributed by atoms with E-state index >= 15 is 0 Å². The van der Waals surface area contributed by atoms with Crippen LogP contribution < -0.4 is 4.74 Å². The van der Waals surface area contributed by atoms with Crippen LogP contribution in [0, 0.1) is 0 Å². The van der Waals surface area contributed by atoms with E-state index in [1.54, 1.807) is 0 Å². The van der Waals surface area contributed by atoms with Crippen molar-refractivity contribution < 1.29 is 9.53 Å². The Balaban J connectivity index is 1.49. The van der Waals surface area contributed by atoms with Crippen LogP contribution in [0.5, 0.6) is 5.75 Å². The maximum Gasteiger partial charge on any atom is 0.223 e. The Morgan fingerprint density at radius 2 is 1.85 bits per heavy atom. The number of benzene rings is 2. The summed E-state index contributed by atoms with van der Waals surface area (Å²) in [6.45, 7) is 1.44. The summed E-state index contributed by atoms with van der Waals surface area (Å²) >= 11 is 5.69. The largest absolute Gasteiger partial charge is 0.482 e. The van der Waals surface area contributed by atoms with Crippen LogP contribution in [0.2, 0.25) is 0 Å². The van der Waals surface area contributed by atoms with Gasteiger partial charge < -0.3 is 9.64 Å². The monoisotopic (exact) mass is 367 g/mol. The van der Waals surface area contributed by atoms with E-state index in [4.69, 9.17) is 16.3 Å². The van der Waals surface area contributed by atoms with E-state index in [1.165, 1.54) is 11.1 Å². The van der Waals surface area contributed by atoms with Gasteiger partial charge in [0.1, 0.15) is 11.4 Å². The molecule has 0 saturated carbocycles. The summed E-state index contributed by atoms with van der Waals surface area (Å²) in [7, 11) is 0. The summed E-state index contributed by atoms with van der Waals surface area (Å²) in [5.74, 6) is 1.45. The first-order valence-corrected chi connectivity index (χ1v) is 9.64. The molecule has 0 unspecified atom stereocenters. The molecule has 2 aliphatic heterocycles. The number of nitrogens with zero attached hydrogens (tertiary/aromatic N) is 1. The average Bonchev–Trinajstić information content (AvgIpc) is 2.69. The van der Waals surface area contributed by atoms with Gasteiger partial charge in [0.2, 0.25) is 5.91 Å². The maximum atomic E-state index is 12.0. The molecule has 3 nitrogen and oxygen atoms in total. The fraction of sp³-hybridized carbons (Fsp3) is 0.318. The highest BCUT2D eigenvalue weighted by atomic mass is 35.5. The van der Waals surface area contributed by atoms with Crippen molar-refractivity contribution in [3.8, 4) is 16.9 Å². The second-order valence-corrected chi connectivity index (χ2v) is 7.32. The van der Waals surface area contributed by atoms with Gasteiger partial charge in [0, 0.05) is 43.8 Å². The van der Waals surface area contributed by atoms with Crippen LogP contribution in [0.3, 0.4) is 0 Å². The third-order valence-electron chi connectivity index (χ3n) is 5.27. The van der Waals surface area contributed by atoms with Crippen molar-refractivity contribution in [1.82, 2.24) is 4.90 Å². The lowest BCUT2D eigenvalue weighted by atomic mass is 9.87. The van der Waals surface area contributed by atoms with Gasteiger partial charge in [-0.3, -0.25) is 4.79 Å². The minimum Gasteiger partial charge on any atom is -0.482 e. The van der Waals surface area contributed by atoms with Gasteiger partial charge in [-0.15, -0.1) is 11.6 Å². The number of carbonyl (C=O) groups is 1. The summed E-state index contributed by atoms with van der Waals surface area (Å²) < 4.78 is 6.39. The summed E-state index contributed by atoms with van der Waals surface area (Å²) in [4.78, 5) is 13.9. The number of hydrogen-bond acceptors (Lipinski definition) is 2. The van der Waals surface area contributed by atoms with Crippen molar-refractivity contribution in [2.24, 2.45) is 0 Å². The number of halogens is 1. The molecule has 2 heterocycles. The SMILES string of the molecule is O=C(CCCl)N1CCC2(C=Cc3cc(-c4ccccc4)ccc3O2)CC1. The van der Waals surface area contributed by atoms with Gasteiger partial charge in [0.05, 0.1) is 0 Å². The number of ether oxygens (including phenoxy) is 1. The highest BCUT2D eigenvalue weighted by Gasteiger charge is 2.37. The lowest BCUT2D eigenvalue weighted by molar-refractivity contribution is -0.133. The number of alkyl halides is 1. The molecule has 4 rings (SSSR count). The molecule has 2 aromatic carbocycles. The molecule has 0 bridgehead atoms. The van der Waals surface area contributed by atoms with Crippen molar-refractivity contribution in [1.29, 1.82) is 0 Å². The summed E-state index contributed by atoms with van der Waals surface area (Å²) in [6, 6.07) is 16.7. The van der Waals surface area contributed by atoms with E-state index < -0.39 is 0 Å². The van der Waals surface area contributed by atoms with Crippen molar-refractivity contribution in [2.45, 2.75) is 24.9 Å². The fourth-order valence-electron chi connectivity index (χ4n) is 3.72.